The van der Waals surface area contributed by atoms with Gasteiger partial charge in [-0.1, -0.05) is 0 Å². The summed E-state index contributed by atoms with van der Waals surface area (Å²) in [4.78, 5) is 10.9. The number of aliphatic hydroxyl groups is 1. The highest BCUT2D eigenvalue weighted by Gasteiger charge is 2.31. The molecule has 1 saturated heterocycles. The van der Waals surface area contributed by atoms with Crippen LogP contribution in [0.3, 0.4) is 0 Å². The monoisotopic (exact) mass is 173 g/mol. The molecule has 4 nitrogen and oxygen atoms in total. The highest BCUT2D eigenvalue weighted by molar-refractivity contribution is 5.70. The Balaban J connectivity index is 2.41. The normalized spacial score (nSPS) is 29.8. The standard InChI is InChI=1S/C8H15NO3/c1-12-7(10)5-8(11)3-2-4-9-6-8/h9,11H,2-6H2,1H3. The molecule has 0 aromatic rings. The van der Waals surface area contributed by atoms with Gasteiger partial charge in [-0.25, -0.2) is 0 Å². The maximum absolute atomic E-state index is 10.9. The van der Waals surface area contributed by atoms with E-state index in [9.17, 15) is 9.90 Å². The van der Waals surface area contributed by atoms with E-state index in [1.165, 1.54) is 7.11 Å². The third-order valence-electron chi connectivity index (χ3n) is 2.15. The SMILES string of the molecule is COC(=O)CC1(O)CCCNC1. The summed E-state index contributed by atoms with van der Waals surface area (Å²) in [5.74, 6) is -0.346. The first-order chi connectivity index (χ1) is 5.66. The summed E-state index contributed by atoms with van der Waals surface area (Å²) in [6.07, 6.45) is 1.68. The maximum atomic E-state index is 10.9. The molecule has 4 heteroatoms. The van der Waals surface area contributed by atoms with Gasteiger partial charge in [0.2, 0.25) is 0 Å². The second-order valence-electron chi connectivity index (χ2n) is 3.26. The van der Waals surface area contributed by atoms with Crippen LogP contribution in [-0.4, -0.2) is 36.9 Å². The Labute approximate surface area is 71.9 Å². The van der Waals surface area contributed by atoms with Crippen molar-refractivity contribution >= 4 is 5.97 Å². The van der Waals surface area contributed by atoms with Crippen molar-refractivity contribution in [2.45, 2.75) is 24.9 Å². The van der Waals surface area contributed by atoms with Gasteiger partial charge in [0, 0.05) is 6.54 Å². The van der Waals surface area contributed by atoms with Crippen LogP contribution in [0, 0.1) is 0 Å². The number of carbonyl (C=O) groups is 1. The summed E-state index contributed by atoms with van der Waals surface area (Å²) in [6, 6.07) is 0. The van der Waals surface area contributed by atoms with Crippen molar-refractivity contribution in [3.8, 4) is 0 Å². The van der Waals surface area contributed by atoms with Crippen molar-refractivity contribution in [3.63, 3.8) is 0 Å². The molecule has 0 spiro atoms. The van der Waals surface area contributed by atoms with E-state index in [-0.39, 0.29) is 12.4 Å². The highest BCUT2D eigenvalue weighted by Crippen LogP contribution is 2.19. The van der Waals surface area contributed by atoms with Crippen LogP contribution in [0.4, 0.5) is 0 Å². The number of piperidine rings is 1. The number of methoxy groups -OCH3 is 1. The number of hydrogen-bond donors (Lipinski definition) is 2. The molecule has 70 valence electrons. The summed E-state index contributed by atoms with van der Waals surface area (Å²) in [6.45, 7) is 1.41. The fourth-order valence-corrected chi connectivity index (χ4v) is 1.44. The number of ether oxygens (including phenoxy) is 1. The second kappa shape index (κ2) is 3.87. The number of hydrogen-bond acceptors (Lipinski definition) is 4. The van der Waals surface area contributed by atoms with Crippen LogP contribution < -0.4 is 5.32 Å². The Hall–Kier alpha value is -0.610. The molecule has 0 amide bonds. The minimum Gasteiger partial charge on any atom is -0.469 e. The Bertz CT molecular complexity index is 164. The maximum Gasteiger partial charge on any atom is 0.308 e. The van der Waals surface area contributed by atoms with Gasteiger partial charge in [0.05, 0.1) is 19.1 Å². The topological polar surface area (TPSA) is 58.6 Å². The molecule has 0 aromatic carbocycles. The van der Waals surface area contributed by atoms with Crippen LogP contribution in [-0.2, 0) is 9.53 Å². The molecule has 2 N–H and O–H groups in total. The first-order valence-corrected chi connectivity index (χ1v) is 4.16. The molecule has 0 aromatic heterocycles. The van der Waals surface area contributed by atoms with Crippen molar-refractivity contribution in [1.82, 2.24) is 5.32 Å². The molecule has 1 fully saturated rings. The average molecular weight is 173 g/mol. The number of esters is 1. The van der Waals surface area contributed by atoms with Crippen molar-refractivity contribution in [2.24, 2.45) is 0 Å². The lowest BCUT2D eigenvalue weighted by molar-refractivity contribution is -0.146. The molecule has 1 unspecified atom stereocenters. The van der Waals surface area contributed by atoms with E-state index < -0.39 is 5.60 Å². The summed E-state index contributed by atoms with van der Waals surface area (Å²) < 4.78 is 4.49. The molecule has 1 atom stereocenters. The van der Waals surface area contributed by atoms with Crippen molar-refractivity contribution in [3.05, 3.63) is 0 Å². The number of β-amino-alcohol motifs (C(OH)–C–C–N with tert-alkyl or cyclic N) is 1. The van der Waals surface area contributed by atoms with Gasteiger partial charge in [-0.05, 0) is 19.4 Å². The molecule has 1 aliphatic heterocycles. The fourth-order valence-electron chi connectivity index (χ4n) is 1.44. The Kier molecular flexibility index (Phi) is 3.05. The molecule has 12 heavy (non-hydrogen) atoms. The van der Waals surface area contributed by atoms with E-state index in [0.29, 0.717) is 13.0 Å². The van der Waals surface area contributed by atoms with Gasteiger partial charge in [-0.3, -0.25) is 4.79 Å². The van der Waals surface area contributed by atoms with E-state index in [1.54, 1.807) is 0 Å². The predicted molar refractivity (Wildman–Crippen MR) is 43.7 cm³/mol. The van der Waals surface area contributed by atoms with E-state index in [2.05, 4.69) is 10.1 Å². The quantitative estimate of drug-likeness (QED) is 0.561. The van der Waals surface area contributed by atoms with Gasteiger partial charge in [0.1, 0.15) is 0 Å². The van der Waals surface area contributed by atoms with E-state index >= 15 is 0 Å². The largest absolute Gasteiger partial charge is 0.469 e. The zero-order chi connectivity index (χ0) is 9.03. The number of carbonyl (C=O) groups excluding carboxylic acids is 1. The van der Waals surface area contributed by atoms with Gasteiger partial charge in [0.25, 0.3) is 0 Å². The lowest BCUT2D eigenvalue weighted by Gasteiger charge is -2.31. The number of nitrogens with one attached hydrogen (secondary N) is 1. The third-order valence-corrected chi connectivity index (χ3v) is 2.15. The lowest BCUT2D eigenvalue weighted by atomic mass is 9.91. The van der Waals surface area contributed by atoms with Gasteiger partial charge in [-0.2, -0.15) is 0 Å². The van der Waals surface area contributed by atoms with Gasteiger partial charge in [-0.15, -0.1) is 0 Å². The molecule has 1 rings (SSSR count). The predicted octanol–water partition coefficient (Wildman–Crippen LogP) is -0.336. The third kappa shape index (κ3) is 2.46. The van der Waals surface area contributed by atoms with Crippen LogP contribution in [0.25, 0.3) is 0 Å². The molecule has 0 saturated carbocycles. The van der Waals surface area contributed by atoms with E-state index in [0.717, 1.165) is 13.0 Å². The lowest BCUT2D eigenvalue weighted by Crippen LogP contribution is -2.47. The van der Waals surface area contributed by atoms with Crippen LogP contribution in [0.15, 0.2) is 0 Å². The Morgan fingerprint density at radius 1 is 1.75 bits per heavy atom. The summed E-state index contributed by atoms with van der Waals surface area (Å²) >= 11 is 0. The first-order valence-electron chi connectivity index (χ1n) is 4.16. The average Bonchev–Trinajstić information content (AvgIpc) is 2.05. The summed E-state index contributed by atoms with van der Waals surface area (Å²) in [5.41, 5.74) is -0.884. The second-order valence-corrected chi connectivity index (χ2v) is 3.26. The smallest absolute Gasteiger partial charge is 0.308 e. The fraction of sp³-hybridized carbons (Fsp3) is 0.875. The Morgan fingerprint density at radius 3 is 3.00 bits per heavy atom. The van der Waals surface area contributed by atoms with Gasteiger partial charge >= 0.3 is 5.97 Å². The van der Waals surface area contributed by atoms with Crippen LogP contribution in [0.5, 0.6) is 0 Å². The van der Waals surface area contributed by atoms with Crippen LogP contribution in [0.2, 0.25) is 0 Å². The molecule has 0 bridgehead atoms. The van der Waals surface area contributed by atoms with E-state index in [4.69, 9.17) is 0 Å². The minimum absolute atomic E-state index is 0.0938. The van der Waals surface area contributed by atoms with Crippen molar-refractivity contribution in [1.29, 1.82) is 0 Å². The van der Waals surface area contributed by atoms with Crippen molar-refractivity contribution < 1.29 is 14.6 Å². The van der Waals surface area contributed by atoms with Crippen LogP contribution in [0.1, 0.15) is 19.3 Å². The molecule has 0 aliphatic carbocycles. The Morgan fingerprint density at radius 2 is 2.50 bits per heavy atom. The minimum atomic E-state index is -0.884. The van der Waals surface area contributed by atoms with Crippen molar-refractivity contribution in [2.75, 3.05) is 20.2 Å². The molecular formula is C8H15NO3. The summed E-state index contributed by atoms with van der Waals surface area (Å²) in [7, 11) is 1.34. The molecule has 0 radical (unpaired) electrons. The number of rotatable bonds is 2. The first kappa shape index (κ1) is 9.48. The molecule has 1 aliphatic rings. The zero-order valence-electron chi connectivity index (χ0n) is 7.30. The van der Waals surface area contributed by atoms with Crippen LogP contribution >= 0.6 is 0 Å². The summed E-state index contributed by atoms with van der Waals surface area (Å²) in [5, 5.41) is 12.9. The van der Waals surface area contributed by atoms with Gasteiger partial charge in [0.15, 0.2) is 0 Å². The molecular weight excluding hydrogens is 158 g/mol. The zero-order valence-corrected chi connectivity index (χ0v) is 7.30. The highest BCUT2D eigenvalue weighted by atomic mass is 16.5. The molecule has 1 heterocycles. The van der Waals surface area contributed by atoms with Gasteiger partial charge < -0.3 is 15.2 Å². The van der Waals surface area contributed by atoms with E-state index in [1.807, 2.05) is 0 Å².